The number of hydrogen-bond acceptors (Lipinski definition) is 3. The second-order valence-electron chi connectivity index (χ2n) is 8.76. The Bertz CT molecular complexity index is 826. The quantitative estimate of drug-likeness (QED) is 0.174. The van der Waals surface area contributed by atoms with E-state index in [1.165, 1.54) is 57.8 Å². The van der Waals surface area contributed by atoms with E-state index in [1.54, 1.807) is 12.2 Å². The summed E-state index contributed by atoms with van der Waals surface area (Å²) in [6.07, 6.45) is 16.5. The highest BCUT2D eigenvalue weighted by Crippen LogP contribution is 2.23. The van der Waals surface area contributed by atoms with Crippen LogP contribution in [0.3, 0.4) is 0 Å². The molecule has 3 heteroatoms. The number of phenolic OH excluding ortho intramolecular Hbond substituents is 1. The van der Waals surface area contributed by atoms with Crippen molar-refractivity contribution in [3.05, 3.63) is 64.7 Å². The summed E-state index contributed by atoms with van der Waals surface area (Å²) in [6, 6.07) is 11.1. The van der Waals surface area contributed by atoms with Crippen molar-refractivity contribution in [2.75, 3.05) is 6.61 Å². The summed E-state index contributed by atoms with van der Waals surface area (Å²) in [5, 5.41) is 9.87. The highest BCUT2D eigenvalue weighted by atomic mass is 16.5. The van der Waals surface area contributed by atoms with Gasteiger partial charge in [-0.25, -0.2) is 0 Å². The smallest absolute Gasteiger partial charge is 0.185 e. The number of phenols is 1. The van der Waals surface area contributed by atoms with Crippen molar-refractivity contribution >= 4 is 11.9 Å². The van der Waals surface area contributed by atoms with Gasteiger partial charge in [-0.1, -0.05) is 70.8 Å². The van der Waals surface area contributed by atoms with Crippen LogP contribution in [0.15, 0.2) is 42.5 Å². The first-order chi connectivity index (χ1) is 15.5. The number of carbonyl (C=O) groups is 1. The van der Waals surface area contributed by atoms with Gasteiger partial charge in [-0.3, -0.25) is 4.79 Å². The fraction of sp³-hybridized carbons (Fsp3) is 0.483. The molecule has 0 fully saturated rings. The fourth-order valence-electron chi connectivity index (χ4n) is 3.85. The molecule has 0 atom stereocenters. The number of unbranched alkanes of at least 4 members (excludes halogenated alkanes) is 9. The van der Waals surface area contributed by atoms with Crippen molar-refractivity contribution in [2.24, 2.45) is 0 Å². The molecule has 0 aromatic heterocycles. The van der Waals surface area contributed by atoms with Crippen LogP contribution in [0.5, 0.6) is 11.5 Å². The molecular weight excluding hydrogens is 396 g/mol. The van der Waals surface area contributed by atoms with Crippen LogP contribution < -0.4 is 4.74 Å². The lowest BCUT2D eigenvalue weighted by Crippen LogP contribution is -1.99. The molecule has 0 unspecified atom stereocenters. The van der Waals surface area contributed by atoms with E-state index in [2.05, 4.69) is 6.92 Å². The normalized spacial score (nSPS) is 11.2. The average molecular weight is 437 g/mol. The third kappa shape index (κ3) is 9.30. The minimum Gasteiger partial charge on any atom is -0.507 e. The van der Waals surface area contributed by atoms with E-state index in [9.17, 15) is 9.90 Å². The van der Waals surface area contributed by atoms with Gasteiger partial charge < -0.3 is 9.84 Å². The first-order valence-electron chi connectivity index (χ1n) is 12.3. The SMILES string of the molecule is CCCCCCCCCCCCOc1ccc(C(=O)C=Cc2cc(C)c(O)c(C)c2)cc1. The third-order valence-electron chi connectivity index (χ3n) is 5.85. The summed E-state index contributed by atoms with van der Waals surface area (Å²) in [5.41, 5.74) is 3.16. The Kier molecular flexibility index (Phi) is 11.6. The zero-order valence-corrected chi connectivity index (χ0v) is 20.2. The van der Waals surface area contributed by atoms with Crippen molar-refractivity contribution in [3.8, 4) is 11.5 Å². The molecule has 174 valence electrons. The predicted molar refractivity (Wildman–Crippen MR) is 135 cm³/mol. The summed E-state index contributed by atoms with van der Waals surface area (Å²) in [7, 11) is 0. The molecule has 0 spiro atoms. The Morgan fingerprint density at radius 3 is 1.94 bits per heavy atom. The molecule has 0 amide bonds. The number of aryl methyl sites for hydroxylation is 2. The first-order valence-corrected chi connectivity index (χ1v) is 12.3. The molecule has 0 saturated carbocycles. The molecule has 0 radical (unpaired) electrons. The molecular formula is C29H40O3. The lowest BCUT2D eigenvalue weighted by molar-refractivity contribution is 0.104. The summed E-state index contributed by atoms with van der Waals surface area (Å²) < 4.78 is 5.83. The molecule has 0 aliphatic heterocycles. The molecule has 0 aliphatic carbocycles. The van der Waals surface area contributed by atoms with Crippen LogP contribution >= 0.6 is 0 Å². The molecule has 2 aromatic rings. The average Bonchev–Trinajstić information content (AvgIpc) is 2.79. The Hall–Kier alpha value is -2.55. The predicted octanol–water partition coefficient (Wildman–Crippen LogP) is 8.20. The number of benzene rings is 2. The van der Waals surface area contributed by atoms with E-state index in [-0.39, 0.29) is 5.78 Å². The van der Waals surface area contributed by atoms with Gasteiger partial charge in [0.05, 0.1) is 6.61 Å². The molecule has 32 heavy (non-hydrogen) atoms. The molecule has 0 bridgehead atoms. The van der Waals surface area contributed by atoms with E-state index in [0.717, 1.165) is 35.5 Å². The molecule has 0 saturated heterocycles. The zero-order valence-electron chi connectivity index (χ0n) is 20.2. The largest absolute Gasteiger partial charge is 0.507 e. The number of allylic oxidation sites excluding steroid dienone is 1. The maximum Gasteiger partial charge on any atom is 0.185 e. The van der Waals surface area contributed by atoms with Gasteiger partial charge in [-0.05, 0) is 79.4 Å². The van der Waals surface area contributed by atoms with Gasteiger partial charge >= 0.3 is 0 Å². The van der Waals surface area contributed by atoms with E-state index >= 15 is 0 Å². The van der Waals surface area contributed by atoms with Gasteiger partial charge in [0, 0.05) is 5.56 Å². The molecule has 2 aromatic carbocycles. The van der Waals surface area contributed by atoms with Gasteiger partial charge in [-0.2, -0.15) is 0 Å². The van der Waals surface area contributed by atoms with Crippen LogP contribution in [0, 0.1) is 13.8 Å². The second-order valence-corrected chi connectivity index (χ2v) is 8.76. The Morgan fingerprint density at radius 1 is 0.844 bits per heavy atom. The van der Waals surface area contributed by atoms with Gasteiger partial charge in [-0.15, -0.1) is 0 Å². The summed E-state index contributed by atoms with van der Waals surface area (Å²) in [4.78, 5) is 12.4. The molecule has 1 N–H and O–H groups in total. The van der Waals surface area contributed by atoms with Gasteiger partial charge in [0.2, 0.25) is 0 Å². The molecule has 2 rings (SSSR count). The third-order valence-corrected chi connectivity index (χ3v) is 5.85. The standard InChI is InChI=1S/C29H40O3/c1-4-5-6-7-8-9-10-11-12-13-20-32-27-17-15-26(16-18-27)28(30)19-14-25-21-23(2)29(31)24(3)22-25/h14-19,21-22,31H,4-13,20H2,1-3H3. The zero-order chi connectivity index (χ0) is 23.2. The highest BCUT2D eigenvalue weighted by molar-refractivity contribution is 6.06. The molecule has 0 aliphatic rings. The number of ketones is 1. The topological polar surface area (TPSA) is 46.5 Å². The van der Waals surface area contributed by atoms with Crippen molar-refractivity contribution < 1.29 is 14.6 Å². The lowest BCUT2D eigenvalue weighted by Gasteiger charge is -2.07. The number of ether oxygens (including phenoxy) is 1. The Labute approximate surface area is 194 Å². The van der Waals surface area contributed by atoms with E-state index in [1.807, 2.05) is 50.2 Å². The van der Waals surface area contributed by atoms with Crippen LogP contribution in [0.2, 0.25) is 0 Å². The fourth-order valence-corrected chi connectivity index (χ4v) is 3.85. The van der Waals surface area contributed by atoms with Crippen LogP contribution in [-0.2, 0) is 0 Å². The van der Waals surface area contributed by atoms with E-state index in [4.69, 9.17) is 4.74 Å². The summed E-state index contributed by atoms with van der Waals surface area (Å²) >= 11 is 0. The summed E-state index contributed by atoms with van der Waals surface area (Å²) in [6.45, 7) is 6.70. The number of rotatable bonds is 15. The van der Waals surface area contributed by atoms with Gasteiger partial charge in [0.25, 0.3) is 0 Å². The second kappa shape index (κ2) is 14.5. The molecule has 0 heterocycles. The Morgan fingerprint density at radius 2 is 1.38 bits per heavy atom. The van der Waals surface area contributed by atoms with Crippen molar-refractivity contribution in [1.82, 2.24) is 0 Å². The van der Waals surface area contributed by atoms with E-state index in [0.29, 0.717) is 11.3 Å². The van der Waals surface area contributed by atoms with Crippen LogP contribution in [0.4, 0.5) is 0 Å². The van der Waals surface area contributed by atoms with Gasteiger partial charge in [0.15, 0.2) is 5.78 Å². The Balaban J connectivity index is 1.66. The van der Waals surface area contributed by atoms with Crippen molar-refractivity contribution in [2.45, 2.75) is 85.0 Å². The summed E-state index contributed by atoms with van der Waals surface area (Å²) in [5.74, 6) is 1.07. The van der Waals surface area contributed by atoms with Crippen LogP contribution in [-0.4, -0.2) is 17.5 Å². The highest BCUT2D eigenvalue weighted by Gasteiger charge is 2.05. The van der Waals surface area contributed by atoms with Crippen LogP contribution in [0.25, 0.3) is 6.08 Å². The maximum absolute atomic E-state index is 12.4. The van der Waals surface area contributed by atoms with Crippen molar-refractivity contribution in [1.29, 1.82) is 0 Å². The number of carbonyl (C=O) groups excluding carboxylic acids is 1. The monoisotopic (exact) mass is 436 g/mol. The molecule has 3 nitrogen and oxygen atoms in total. The van der Waals surface area contributed by atoms with Crippen LogP contribution in [0.1, 0.15) is 98.2 Å². The lowest BCUT2D eigenvalue weighted by atomic mass is 10.0. The maximum atomic E-state index is 12.4. The number of aromatic hydroxyl groups is 1. The van der Waals surface area contributed by atoms with Crippen molar-refractivity contribution in [3.63, 3.8) is 0 Å². The van der Waals surface area contributed by atoms with E-state index < -0.39 is 0 Å². The van der Waals surface area contributed by atoms with Gasteiger partial charge in [0.1, 0.15) is 11.5 Å². The first kappa shape index (κ1) is 25.7. The minimum absolute atomic E-state index is 0.0466. The number of hydrogen-bond donors (Lipinski definition) is 1. The minimum atomic E-state index is -0.0466.